The van der Waals surface area contributed by atoms with Crippen molar-refractivity contribution in [3.05, 3.63) is 12.2 Å². The summed E-state index contributed by atoms with van der Waals surface area (Å²) in [5, 5.41) is 9.65. The number of carbonyl (C=O) groups is 1. The van der Waals surface area contributed by atoms with Crippen molar-refractivity contribution in [2.45, 2.75) is 77.9 Å². The molecule has 9 heteroatoms. The zero-order valence-electron chi connectivity index (χ0n) is 18.0. The van der Waals surface area contributed by atoms with Crippen LogP contribution in [0.15, 0.2) is 12.2 Å². The maximum absolute atomic E-state index is 11.7. The van der Waals surface area contributed by atoms with E-state index in [1.807, 2.05) is 6.55 Å². The van der Waals surface area contributed by atoms with Gasteiger partial charge in [0.25, 0.3) is 0 Å². The van der Waals surface area contributed by atoms with Gasteiger partial charge in [0.2, 0.25) is 0 Å². The summed E-state index contributed by atoms with van der Waals surface area (Å²) in [5.41, 5.74) is 0.0247. The smallest absolute Gasteiger partial charge is 0.344 e. The molecule has 0 aliphatic rings. The Balaban J connectivity index is 5.41. The maximum atomic E-state index is 11.7. The maximum Gasteiger partial charge on any atom is 0.344 e. The van der Waals surface area contributed by atoms with Gasteiger partial charge in [-0.1, -0.05) is 6.58 Å². The minimum Gasteiger partial charge on any atom is -0.462 e. The van der Waals surface area contributed by atoms with Crippen LogP contribution in [-0.2, 0) is 22.5 Å². The third-order valence-electron chi connectivity index (χ3n) is 3.10. The van der Waals surface area contributed by atoms with Crippen molar-refractivity contribution in [1.29, 1.82) is 0 Å². The topological polar surface area (TPSA) is 74.2 Å². The van der Waals surface area contributed by atoms with E-state index in [0.717, 1.165) is 0 Å². The molecule has 0 bridgehead atoms. The Hall–Kier alpha value is -0.299. The van der Waals surface area contributed by atoms with Crippen molar-refractivity contribution in [1.82, 2.24) is 0 Å². The number of ether oxygens (including phenoxy) is 2. The van der Waals surface area contributed by atoms with Crippen LogP contribution in [0, 0.1) is 0 Å². The molecule has 2 unspecified atom stereocenters. The van der Waals surface area contributed by atoms with E-state index in [1.54, 1.807) is 13.8 Å². The number of rotatable bonds is 12. The van der Waals surface area contributed by atoms with Crippen LogP contribution in [0.2, 0.25) is 45.8 Å². The molecule has 0 radical (unpaired) electrons. The molecule has 6 nitrogen and oxygen atoms in total. The molecule has 0 aliphatic carbocycles. The van der Waals surface area contributed by atoms with E-state index in [-0.39, 0.29) is 18.9 Å². The molecule has 0 rings (SSSR count). The van der Waals surface area contributed by atoms with Crippen molar-refractivity contribution in [3.8, 4) is 0 Å². The van der Waals surface area contributed by atoms with Gasteiger partial charge in [0.15, 0.2) is 16.6 Å². The highest BCUT2D eigenvalue weighted by molar-refractivity contribution is 6.88. The summed E-state index contributed by atoms with van der Waals surface area (Å²) >= 11 is 0. The van der Waals surface area contributed by atoms with Gasteiger partial charge in [-0.2, -0.15) is 0 Å². The Morgan fingerprint density at radius 3 is 1.85 bits per heavy atom. The summed E-state index contributed by atoms with van der Waals surface area (Å²) in [5.74, 6) is -0.417. The number of aliphatic hydroxyl groups is 1. The molecular weight excluding hydrogens is 384 g/mol. The van der Waals surface area contributed by atoms with Crippen LogP contribution in [0.4, 0.5) is 0 Å². The summed E-state index contributed by atoms with van der Waals surface area (Å²) in [6.45, 7) is 22.0. The van der Waals surface area contributed by atoms with Crippen molar-refractivity contribution in [2.24, 2.45) is 0 Å². The monoisotopic (exact) mass is 422 g/mol. The molecule has 0 spiro atoms. The molecule has 0 aromatic carbocycles. The Morgan fingerprint density at radius 2 is 1.50 bits per heavy atom. The van der Waals surface area contributed by atoms with Gasteiger partial charge in [-0.3, -0.25) is 0 Å². The predicted molar refractivity (Wildman–Crippen MR) is 112 cm³/mol. The minimum atomic E-state index is -2.74. The molecule has 0 heterocycles. The van der Waals surface area contributed by atoms with E-state index >= 15 is 0 Å². The summed E-state index contributed by atoms with van der Waals surface area (Å²) < 4.78 is 24.3. The average molecular weight is 423 g/mol. The summed E-state index contributed by atoms with van der Waals surface area (Å²) in [4.78, 5) is 11.7. The normalized spacial score (nSPS) is 15.5. The third kappa shape index (κ3) is 11.4. The van der Waals surface area contributed by atoms with E-state index in [4.69, 9.17) is 17.7 Å². The highest BCUT2D eigenvalue weighted by Crippen LogP contribution is 2.27. The van der Waals surface area contributed by atoms with E-state index < -0.39 is 37.3 Å². The molecule has 2 atom stereocenters. The first kappa shape index (κ1) is 25.7. The summed E-state index contributed by atoms with van der Waals surface area (Å²) in [7, 11) is -6.53. The minimum absolute atomic E-state index is 0.186. The second kappa shape index (κ2) is 10.3. The fourth-order valence-electron chi connectivity index (χ4n) is 2.50. The van der Waals surface area contributed by atoms with Gasteiger partial charge in [0.05, 0.1) is 19.3 Å². The number of carbonyl (C=O) groups excluding carboxylic acids is 1. The van der Waals surface area contributed by atoms with Crippen molar-refractivity contribution in [2.75, 3.05) is 13.2 Å². The van der Waals surface area contributed by atoms with Crippen LogP contribution in [0.1, 0.15) is 20.3 Å². The van der Waals surface area contributed by atoms with Gasteiger partial charge in [0, 0.05) is 12.0 Å². The molecule has 0 aliphatic heterocycles. The Labute approximate surface area is 162 Å². The lowest BCUT2D eigenvalue weighted by Crippen LogP contribution is -2.61. The first-order chi connectivity index (χ1) is 11.6. The predicted octanol–water partition coefficient (Wildman–Crippen LogP) is 3.58. The lowest BCUT2D eigenvalue weighted by molar-refractivity contribution is -0.139. The van der Waals surface area contributed by atoms with Crippen LogP contribution in [-0.4, -0.2) is 61.3 Å². The van der Waals surface area contributed by atoms with Gasteiger partial charge in [0.1, 0.15) is 5.73 Å². The van der Waals surface area contributed by atoms with Crippen molar-refractivity contribution < 1.29 is 27.6 Å². The zero-order valence-corrected chi connectivity index (χ0v) is 21.0. The lowest BCUT2D eigenvalue weighted by atomic mass is 10.4. The summed E-state index contributed by atoms with van der Waals surface area (Å²) in [6, 6.07) is 0. The molecular formula is C17H38O6Si3. The van der Waals surface area contributed by atoms with E-state index in [1.165, 1.54) is 0 Å². The van der Waals surface area contributed by atoms with Gasteiger partial charge in [-0.15, -0.1) is 0 Å². The molecule has 0 aromatic heterocycles. The average Bonchev–Trinajstić information content (AvgIpc) is 2.36. The van der Waals surface area contributed by atoms with Crippen molar-refractivity contribution in [3.63, 3.8) is 0 Å². The standard InChI is InChI=1S/C17H38O6Si3/c1-14(2)17(19)20-12-11-16(21-13-15(3)18)26(10,22-24(4,5)6)23-25(7,8)9/h15-16,18H,1,11-13H2,2-10H3. The van der Waals surface area contributed by atoms with Crippen molar-refractivity contribution >= 4 is 31.2 Å². The van der Waals surface area contributed by atoms with E-state index in [9.17, 15) is 9.90 Å². The molecule has 0 aromatic rings. The largest absolute Gasteiger partial charge is 0.462 e. The first-order valence-electron chi connectivity index (χ1n) is 9.08. The van der Waals surface area contributed by atoms with E-state index in [0.29, 0.717) is 12.0 Å². The number of esters is 1. The van der Waals surface area contributed by atoms with Crippen LogP contribution in [0.5, 0.6) is 0 Å². The molecule has 0 amide bonds. The van der Waals surface area contributed by atoms with Crippen LogP contribution < -0.4 is 0 Å². The fourth-order valence-corrected chi connectivity index (χ4v) is 14.9. The molecule has 0 saturated heterocycles. The number of hydrogen-bond acceptors (Lipinski definition) is 6. The van der Waals surface area contributed by atoms with Crippen LogP contribution in [0.25, 0.3) is 0 Å². The van der Waals surface area contributed by atoms with Gasteiger partial charge >= 0.3 is 14.5 Å². The zero-order chi connectivity index (χ0) is 20.8. The summed E-state index contributed by atoms with van der Waals surface area (Å²) in [6.07, 6.45) is -0.129. The molecule has 154 valence electrons. The Kier molecular flexibility index (Phi) is 10.2. The Bertz CT molecular complexity index is 452. The lowest BCUT2D eigenvalue weighted by Gasteiger charge is -2.42. The van der Waals surface area contributed by atoms with Gasteiger partial charge in [-0.25, -0.2) is 4.79 Å². The van der Waals surface area contributed by atoms with Gasteiger partial charge < -0.3 is 22.8 Å². The van der Waals surface area contributed by atoms with Crippen LogP contribution in [0.3, 0.4) is 0 Å². The Morgan fingerprint density at radius 1 is 1.04 bits per heavy atom. The highest BCUT2D eigenvalue weighted by atomic mass is 28.5. The molecule has 0 fully saturated rings. The number of hydrogen-bond donors (Lipinski definition) is 1. The second-order valence-electron chi connectivity index (χ2n) is 8.82. The quantitative estimate of drug-likeness (QED) is 0.294. The SMILES string of the molecule is C=C(C)C(=O)OCCC(OCC(C)O)[Si](C)(O[Si](C)(C)C)O[Si](C)(C)C. The first-order valence-corrected chi connectivity index (χ1v) is 18.3. The van der Waals surface area contributed by atoms with Crippen LogP contribution >= 0.6 is 0 Å². The van der Waals surface area contributed by atoms with E-state index in [2.05, 4.69) is 45.9 Å². The fraction of sp³-hybridized carbons (Fsp3) is 0.824. The second-order valence-corrected chi connectivity index (χ2v) is 21.6. The highest BCUT2D eigenvalue weighted by Gasteiger charge is 2.47. The molecule has 1 N–H and O–H groups in total. The molecule has 26 heavy (non-hydrogen) atoms. The number of aliphatic hydroxyl groups excluding tert-OH is 1. The van der Waals surface area contributed by atoms with Gasteiger partial charge in [-0.05, 0) is 59.7 Å². The molecule has 0 saturated carbocycles. The third-order valence-corrected chi connectivity index (χ3v) is 12.9.